The third-order valence-corrected chi connectivity index (χ3v) is 2.75. The first kappa shape index (κ1) is 13.0. The Morgan fingerprint density at radius 1 is 1.44 bits per heavy atom. The van der Waals surface area contributed by atoms with Gasteiger partial charge >= 0.3 is 0 Å². The normalized spacial score (nSPS) is 10.4. The molecule has 16 heavy (non-hydrogen) atoms. The van der Waals surface area contributed by atoms with Crippen molar-refractivity contribution in [3.8, 4) is 0 Å². The lowest BCUT2D eigenvalue weighted by atomic mass is 10.4. The number of rotatable bonds is 6. The van der Waals surface area contributed by atoms with Crippen LogP contribution in [0, 0.1) is 0 Å². The van der Waals surface area contributed by atoms with E-state index in [1.54, 1.807) is 12.3 Å². The van der Waals surface area contributed by atoms with Crippen LogP contribution in [0.25, 0.3) is 0 Å². The van der Waals surface area contributed by atoms with E-state index in [1.165, 1.54) is 4.68 Å². The van der Waals surface area contributed by atoms with E-state index in [2.05, 4.69) is 23.8 Å². The Hall–Kier alpha value is -1.03. The smallest absolute Gasteiger partial charge is 0.268 e. The van der Waals surface area contributed by atoms with E-state index in [0.29, 0.717) is 12.4 Å². The van der Waals surface area contributed by atoms with E-state index in [0.717, 1.165) is 25.2 Å². The van der Waals surface area contributed by atoms with Crippen LogP contribution < -0.4 is 10.5 Å². The van der Waals surface area contributed by atoms with Crippen LogP contribution in [0.15, 0.2) is 17.1 Å². The summed E-state index contributed by atoms with van der Waals surface area (Å²) in [5.74, 6) is 0.548. The molecule has 1 aromatic heterocycles. The van der Waals surface area contributed by atoms with Crippen LogP contribution in [-0.2, 0) is 6.54 Å². The summed E-state index contributed by atoms with van der Waals surface area (Å²) in [7, 11) is 0. The molecule has 0 aliphatic rings. The van der Waals surface area contributed by atoms with Crippen molar-refractivity contribution in [2.24, 2.45) is 0 Å². The standard InChI is InChI=1S/C11H18ClN3O/c1-3-14(4-2)10-8-11(16)15(13-9-10)7-5-6-12/h8-9H,3-7H2,1-2H3. The number of aryl methyl sites for hydroxylation is 1. The Morgan fingerprint density at radius 3 is 2.62 bits per heavy atom. The zero-order valence-electron chi connectivity index (χ0n) is 9.82. The summed E-state index contributed by atoms with van der Waals surface area (Å²) in [6, 6.07) is 1.63. The van der Waals surface area contributed by atoms with Crippen molar-refractivity contribution in [1.29, 1.82) is 0 Å². The molecule has 0 saturated carbocycles. The van der Waals surface area contributed by atoms with E-state index >= 15 is 0 Å². The van der Waals surface area contributed by atoms with Gasteiger partial charge in [-0.15, -0.1) is 11.6 Å². The van der Waals surface area contributed by atoms with E-state index in [9.17, 15) is 4.79 Å². The molecule has 1 heterocycles. The van der Waals surface area contributed by atoms with E-state index < -0.39 is 0 Å². The number of halogens is 1. The molecule has 0 amide bonds. The number of alkyl halides is 1. The number of hydrogen-bond acceptors (Lipinski definition) is 3. The molecule has 0 fully saturated rings. The summed E-state index contributed by atoms with van der Waals surface area (Å²) in [5.41, 5.74) is 0.826. The Morgan fingerprint density at radius 2 is 2.12 bits per heavy atom. The molecule has 0 aromatic carbocycles. The fraction of sp³-hybridized carbons (Fsp3) is 0.636. The van der Waals surface area contributed by atoms with Crippen molar-refractivity contribution in [2.75, 3.05) is 23.9 Å². The van der Waals surface area contributed by atoms with Gasteiger partial charge in [0.1, 0.15) is 0 Å². The van der Waals surface area contributed by atoms with Gasteiger partial charge in [0, 0.05) is 31.6 Å². The molecule has 0 unspecified atom stereocenters. The average Bonchev–Trinajstić information content (AvgIpc) is 2.29. The van der Waals surface area contributed by atoms with Crippen LogP contribution >= 0.6 is 11.6 Å². The fourth-order valence-electron chi connectivity index (χ4n) is 1.56. The van der Waals surface area contributed by atoms with E-state index in [1.807, 2.05) is 0 Å². The van der Waals surface area contributed by atoms with Gasteiger partial charge in [0.15, 0.2) is 0 Å². The van der Waals surface area contributed by atoms with E-state index in [-0.39, 0.29) is 5.56 Å². The van der Waals surface area contributed by atoms with Gasteiger partial charge in [0.05, 0.1) is 11.9 Å². The Balaban J connectivity index is 2.86. The van der Waals surface area contributed by atoms with Crippen LogP contribution in [-0.4, -0.2) is 28.8 Å². The predicted molar refractivity (Wildman–Crippen MR) is 67.4 cm³/mol. The SMILES string of the molecule is CCN(CC)c1cnn(CCCCl)c(=O)c1. The van der Waals surface area contributed by atoms with Gasteiger partial charge in [-0.3, -0.25) is 4.79 Å². The van der Waals surface area contributed by atoms with Gasteiger partial charge in [-0.05, 0) is 20.3 Å². The first-order valence-electron chi connectivity index (χ1n) is 5.61. The minimum Gasteiger partial charge on any atom is -0.371 e. The minimum absolute atomic E-state index is 0.0606. The minimum atomic E-state index is -0.0606. The second-order valence-corrected chi connectivity index (χ2v) is 3.87. The molecule has 4 nitrogen and oxygen atoms in total. The highest BCUT2D eigenvalue weighted by molar-refractivity contribution is 6.17. The average molecular weight is 244 g/mol. The van der Waals surface area contributed by atoms with Crippen LogP contribution in [0.1, 0.15) is 20.3 Å². The van der Waals surface area contributed by atoms with E-state index in [4.69, 9.17) is 11.6 Å². The number of aromatic nitrogens is 2. The van der Waals surface area contributed by atoms with Gasteiger partial charge in [-0.2, -0.15) is 5.10 Å². The lowest BCUT2D eigenvalue weighted by Gasteiger charge is -2.20. The van der Waals surface area contributed by atoms with Crippen molar-refractivity contribution in [3.05, 3.63) is 22.6 Å². The molecular weight excluding hydrogens is 226 g/mol. The molecule has 1 rings (SSSR count). The molecular formula is C11H18ClN3O. The Bertz CT molecular complexity index is 374. The second-order valence-electron chi connectivity index (χ2n) is 3.49. The largest absolute Gasteiger partial charge is 0.371 e. The van der Waals surface area contributed by atoms with Crippen LogP contribution in [0.2, 0.25) is 0 Å². The lowest BCUT2D eigenvalue weighted by molar-refractivity contribution is 0.568. The third kappa shape index (κ3) is 3.23. The molecule has 0 N–H and O–H groups in total. The molecule has 90 valence electrons. The second kappa shape index (κ2) is 6.53. The van der Waals surface area contributed by atoms with Gasteiger partial charge in [0.2, 0.25) is 0 Å². The Labute approximate surface area is 101 Å². The monoisotopic (exact) mass is 243 g/mol. The van der Waals surface area contributed by atoms with Gasteiger partial charge < -0.3 is 4.90 Å². The zero-order valence-corrected chi connectivity index (χ0v) is 10.6. The fourth-order valence-corrected chi connectivity index (χ4v) is 1.68. The van der Waals surface area contributed by atoms with Crippen molar-refractivity contribution in [1.82, 2.24) is 9.78 Å². The highest BCUT2D eigenvalue weighted by Gasteiger charge is 2.04. The lowest BCUT2D eigenvalue weighted by Crippen LogP contribution is -2.27. The molecule has 5 heteroatoms. The Kier molecular flexibility index (Phi) is 5.32. The van der Waals surface area contributed by atoms with Crippen molar-refractivity contribution >= 4 is 17.3 Å². The maximum absolute atomic E-state index is 11.7. The summed E-state index contributed by atoms with van der Waals surface area (Å²) in [6.45, 7) is 6.46. The molecule has 0 saturated heterocycles. The maximum atomic E-state index is 11.7. The highest BCUT2D eigenvalue weighted by Crippen LogP contribution is 2.08. The molecule has 0 aliphatic heterocycles. The van der Waals surface area contributed by atoms with Crippen molar-refractivity contribution < 1.29 is 0 Å². The molecule has 0 atom stereocenters. The van der Waals surface area contributed by atoms with Gasteiger partial charge in [-0.1, -0.05) is 0 Å². The third-order valence-electron chi connectivity index (χ3n) is 2.49. The molecule has 0 radical (unpaired) electrons. The van der Waals surface area contributed by atoms with Crippen molar-refractivity contribution in [3.63, 3.8) is 0 Å². The summed E-state index contributed by atoms with van der Waals surface area (Å²) >= 11 is 5.58. The van der Waals surface area contributed by atoms with Gasteiger partial charge in [0.25, 0.3) is 5.56 Å². The van der Waals surface area contributed by atoms with Crippen LogP contribution in [0.5, 0.6) is 0 Å². The molecule has 1 aromatic rings. The molecule has 0 aliphatic carbocycles. The molecule has 0 spiro atoms. The number of hydrogen-bond donors (Lipinski definition) is 0. The summed E-state index contributed by atoms with van der Waals surface area (Å²) in [5, 5.41) is 4.14. The summed E-state index contributed by atoms with van der Waals surface area (Å²) < 4.78 is 1.45. The topological polar surface area (TPSA) is 38.1 Å². The first-order valence-corrected chi connectivity index (χ1v) is 6.14. The maximum Gasteiger partial charge on any atom is 0.268 e. The van der Waals surface area contributed by atoms with Gasteiger partial charge in [-0.25, -0.2) is 4.68 Å². The number of nitrogens with zero attached hydrogens (tertiary/aromatic N) is 3. The highest BCUT2D eigenvalue weighted by atomic mass is 35.5. The summed E-state index contributed by atoms with van der Waals surface area (Å²) in [4.78, 5) is 13.8. The van der Waals surface area contributed by atoms with Crippen LogP contribution in [0.3, 0.4) is 0 Å². The first-order chi connectivity index (χ1) is 7.72. The predicted octanol–water partition coefficient (Wildman–Crippen LogP) is 1.72. The molecule has 0 bridgehead atoms. The van der Waals surface area contributed by atoms with Crippen LogP contribution in [0.4, 0.5) is 5.69 Å². The summed E-state index contributed by atoms with van der Waals surface area (Å²) in [6.07, 6.45) is 2.50. The zero-order chi connectivity index (χ0) is 12.0. The number of anilines is 1. The quantitative estimate of drug-likeness (QED) is 0.714. The van der Waals surface area contributed by atoms with Crippen molar-refractivity contribution in [2.45, 2.75) is 26.8 Å².